The van der Waals surface area contributed by atoms with Gasteiger partial charge in [-0.1, -0.05) is 54.1 Å². The molecule has 202 valence electrons. The van der Waals surface area contributed by atoms with Gasteiger partial charge in [-0.15, -0.1) is 0 Å². The molecule has 1 fully saturated rings. The fourth-order valence-corrected chi connectivity index (χ4v) is 6.18. The molecule has 0 atom stereocenters. The summed E-state index contributed by atoms with van der Waals surface area (Å²) in [5.74, 6) is 1.04. The Bertz CT molecular complexity index is 1300. The van der Waals surface area contributed by atoms with Gasteiger partial charge in [-0.05, 0) is 105 Å². The van der Waals surface area contributed by atoms with Crippen molar-refractivity contribution in [2.75, 3.05) is 26.2 Å². The van der Waals surface area contributed by atoms with Gasteiger partial charge in [0.15, 0.2) is 5.78 Å². The summed E-state index contributed by atoms with van der Waals surface area (Å²) in [6.45, 7) is 8.36. The van der Waals surface area contributed by atoms with Crippen molar-refractivity contribution in [2.45, 2.75) is 65.0 Å². The highest BCUT2D eigenvalue weighted by Gasteiger charge is 2.20. The molecule has 0 aliphatic carbocycles. The summed E-state index contributed by atoms with van der Waals surface area (Å²) in [5, 5.41) is 9.19. The summed E-state index contributed by atoms with van der Waals surface area (Å²) in [6, 6.07) is 25.5. The number of benzene rings is 3. The summed E-state index contributed by atoms with van der Waals surface area (Å²) in [4.78, 5) is 18.1. The third-order valence-electron chi connectivity index (χ3n) is 8.64. The van der Waals surface area contributed by atoms with E-state index in [0.717, 1.165) is 82.0 Å². The molecule has 2 heterocycles. The van der Waals surface area contributed by atoms with Crippen LogP contribution in [0.15, 0.2) is 66.7 Å². The molecule has 4 heteroatoms. The lowest BCUT2D eigenvalue weighted by atomic mass is 9.90. The van der Waals surface area contributed by atoms with Crippen LogP contribution >= 0.6 is 0 Å². The molecule has 5 rings (SSSR count). The van der Waals surface area contributed by atoms with Crippen LogP contribution < -0.4 is 0 Å². The Hall–Kier alpha value is -3.26. The minimum absolute atomic E-state index is 0.295. The second-order valence-electron chi connectivity index (χ2n) is 11.6. The van der Waals surface area contributed by atoms with E-state index in [1.807, 2.05) is 18.2 Å². The van der Waals surface area contributed by atoms with E-state index in [9.17, 15) is 10.1 Å². The van der Waals surface area contributed by atoms with Crippen molar-refractivity contribution in [1.82, 2.24) is 9.80 Å². The standard InChI is InChI=1S/C35H41N3O/c1-27-8-10-29(11-9-27)25-37-18-14-28(15-19-37)4-3-7-35(39)34-13-12-32-16-20-38(21-17-33(32)23-34)26-31-6-2-5-30(22-31)24-36/h2,5-6,8-13,22-23,28H,3-4,7,14-21,25-26H2,1H3. The van der Waals surface area contributed by atoms with Crippen LogP contribution in [0.25, 0.3) is 0 Å². The zero-order valence-electron chi connectivity index (χ0n) is 23.4. The highest BCUT2D eigenvalue weighted by Crippen LogP contribution is 2.25. The Morgan fingerprint density at radius 2 is 1.56 bits per heavy atom. The lowest BCUT2D eigenvalue weighted by molar-refractivity contribution is 0.0974. The molecule has 0 saturated carbocycles. The molecule has 2 aliphatic heterocycles. The zero-order chi connectivity index (χ0) is 27.0. The van der Waals surface area contributed by atoms with Gasteiger partial charge in [0.25, 0.3) is 0 Å². The van der Waals surface area contributed by atoms with Crippen LogP contribution in [0.1, 0.15) is 75.8 Å². The minimum Gasteiger partial charge on any atom is -0.299 e. The average molecular weight is 520 g/mol. The maximum atomic E-state index is 13.1. The molecule has 1 saturated heterocycles. The number of carbonyl (C=O) groups excluding carboxylic acids is 1. The van der Waals surface area contributed by atoms with E-state index in [2.05, 4.69) is 71.3 Å². The highest BCUT2D eigenvalue weighted by atomic mass is 16.1. The van der Waals surface area contributed by atoms with Gasteiger partial charge in [0.1, 0.15) is 0 Å². The second kappa shape index (κ2) is 13.2. The lowest BCUT2D eigenvalue weighted by Gasteiger charge is -2.32. The van der Waals surface area contributed by atoms with Crippen molar-refractivity contribution in [2.24, 2.45) is 5.92 Å². The number of aryl methyl sites for hydroxylation is 1. The van der Waals surface area contributed by atoms with Gasteiger partial charge >= 0.3 is 0 Å². The summed E-state index contributed by atoms with van der Waals surface area (Å²) >= 11 is 0. The monoisotopic (exact) mass is 519 g/mol. The van der Waals surface area contributed by atoms with E-state index < -0.39 is 0 Å². The van der Waals surface area contributed by atoms with Gasteiger partial charge in [-0.3, -0.25) is 14.6 Å². The number of hydrogen-bond acceptors (Lipinski definition) is 4. The van der Waals surface area contributed by atoms with Crippen LogP contribution in [0.4, 0.5) is 0 Å². The third-order valence-corrected chi connectivity index (χ3v) is 8.64. The first-order valence-electron chi connectivity index (χ1n) is 14.7. The first-order chi connectivity index (χ1) is 19.1. The molecule has 0 unspecified atom stereocenters. The molecule has 3 aromatic carbocycles. The molecular weight excluding hydrogens is 478 g/mol. The van der Waals surface area contributed by atoms with Crippen LogP contribution in [-0.2, 0) is 25.9 Å². The number of Topliss-reactive ketones (excluding diaryl/α,β-unsaturated/α-hetero) is 1. The van der Waals surface area contributed by atoms with Gasteiger partial charge in [0.2, 0.25) is 0 Å². The number of hydrogen-bond donors (Lipinski definition) is 0. The summed E-state index contributed by atoms with van der Waals surface area (Å²) in [5.41, 5.74) is 8.22. The maximum absolute atomic E-state index is 13.1. The van der Waals surface area contributed by atoms with Gasteiger partial charge in [-0.2, -0.15) is 5.26 Å². The number of likely N-dealkylation sites (tertiary alicyclic amines) is 1. The van der Waals surface area contributed by atoms with Crippen LogP contribution in [0.2, 0.25) is 0 Å². The molecule has 0 aromatic heterocycles. The topological polar surface area (TPSA) is 47.3 Å². The van der Waals surface area contributed by atoms with Crippen LogP contribution in [0, 0.1) is 24.2 Å². The average Bonchev–Trinajstić information content (AvgIpc) is 3.17. The first kappa shape index (κ1) is 27.3. The number of piperidine rings is 1. The van der Waals surface area contributed by atoms with Crippen LogP contribution in [0.3, 0.4) is 0 Å². The molecule has 3 aromatic rings. The number of ketones is 1. The van der Waals surface area contributed by atoms with E-state index in [0.29, 0.717) is 12.2 Å². The Morgan fingerprint density at radius 3 is 2.33 bits per heavy atom. The second-order valence-corrected chi connectivity index (χ2v) is 11.6. The first-order valence-corrected chi connectivity index (χ1v) is 14.7. The van der Waals surface area contributed by atoms with Crippen molar-refractivity contribution in [3.8, 4) is 6.07 Å². The minimum atomic E-state index is 0.295. The lowest BCUT2D eigenvalue weighted by Crippen LogP contribution is -2.33. The van der Waals surface area contributed by atoms with E-state index in [1.165, 1.54) is 40.7 Å². The Morgan fingerprint density at radius 1 is 0.846 bits per heavy atom. The number of rotatable bonds is 9. The van der Waals surface area contributed by atoms with Crippen LogP contribution in [-0.4, -0.2) is 41.8 Å². The summed E-state index contributed by atoms with van der Waals surface area (Å²) < 4.78 is 0. The predicted molar refractivity (Wildman–Crippen MR) is 158 cm³/mol. The smallest absolute Gasteiger partial charge is 0.162 e. The van der Waals surface area contributed by atoms with Crippen LogP contribution in [0.5, 0.6) is 0 Å². The van der Waals surface area contributed by atoms with Crippen molar-refractivity contribution < 1.29 is 4.79 Å². The maximum Gasteiger partial charge on any atom is 0.162 e. The molecule has 0 N–H and O–H groups in total. The molecule has 0 radical (unpaired) electrons. The largest absolute Gasteiger partial charge is 0.299 e. The molecule has 39 heavy (non-hydrogen) atoms. The summed E-state index contributed by atoms with van der Waals surface area (Å²) in [7, 11) is 0. The molecule has 0 spiro atoms. The molecule has 2 aliphatic rings. The fraction of sp³-hybridized carbons (Fsp3) is 0.429. The van der Waals surface area contributed by atoms with Gasteiger partial charge in [0.05, 0.1) is 11.6 Å². The quantitative estimate of drug-likeness (QED) is 0.294. The third kappa shape index (κ3) is 7.66. The number of carbonyl (C=O) groups is 1. The Kier molecular flexibility index (Phi) is 9.24. The SMILES string of the molecule is Cc1ccc(CN2CCC(CCCC(=O)c3ccc4c(c3)CCN(Cc3cccc(C#N)c3)CC4)CC2)cc1. The number of nitriles is 1. The van der Waals surface area contributed by atoms with E-state index in [-0.39, 0.29) is 0 Å². The van der Waals surface area contributed by atoms with Gasteiger partial charge < -0.3 is 0 Å². The molecular formula is C35H41N3O. The Labute approximate surface area is 234 Å². The number of fused-ring (bicyclic) bond motifs is 1. The normalized spacial score (nSPS) is 16.8. The molecule has 0 bridgehead atoms. The zero-order valence-corrected chi connectivity index (χ0v) is 23.4. The van der Waals surface area contributed by atoms with Gasteiger partial charge in [0, 0.05) is 38.2 Å². The highest BCUT2D eigenvalue weighted by molar-refractivity contribution is 5.96. The van der Waals surface area contributed by atoms with E-state index >= 15 is 0 Å². The van der Waals surface area contributed by atoms with E-state index in [1.54, 1.807) is 0 Å². The van der Waals surface area contributed by atoms with Crippen molar-refractivity contribution in [3.63, 3.8) is 0 Å². The molecule has 4 nitrogen and oxygen atoms in total. The van der Waals surface area contributed by atoms with Crippen molar-refractivity contribution in [1.29, 1.82) is 5.26 Å². The van der Waals surface area contributed by atoms with Crippen molar-refractivity contribution >= 4 is 5.78 Å². The van der Waals surface area contributed by atoms with Crippen molar-refractivity contribution in [3.05, 3.63) is 106 Å². The molecule has 0 amide bonds. The summed E-state index contributed by atoms with van der Waals surface area (Å²) in [6.07, 6.45) is 7.28. The predicted octanol–water partition coefficient (Wildman–Crippen LogP) is 6.73. The van der Waals surface area contributed by atoms with Gasteiger partial charge in [-0.25, -0.2) is 0 Å². The number of nitrogens with zero attached hydrogens (tertiary/aromatic N) is 3. The Balaban J connectivity index is 1.05. The van der Waals surface area contributed by atoms with E-state index in [4.69, 9.17) is 0 Å². The fourth-order valence-electron chi connectivity index (χ4n) is 6.18.